The Hall–Kier alpha value is -1.49. The molecule has 1 aliphatic heterocycles. The van der Waals surface area contributed by atoms with E-state index in [9.17, 15) is 0 Å². The van der Waals surface area contributed by atoms with Gasteiger partial charge in [-0.05, 0) is 36.8 Å². The summed E-state index contributed by atoms with van der Waals surface area (Å²) in [6.07, 6.45) is 5.13. The second kappa shape index (κ2) is 3.83. The van der Waals surface area contributed by atoms with E-state index < -0.39 is 0 Å². The van der Waals surface area contributed by atoms with E-state index >= 15 is 0 Å². The van der Waals surface area contributed by atoms with Crippen LogP contribution in [-0.2, 0) is 6.42 Å². The van der Waals surface area contributed by atoms with Crippen molar-refractivity contribution in [3.8, 4) is 6.07 Å². The van der Waals surface area contributed by atoms with Gasteiger partial charge in [0.1, 0.15) is 6.54 Å². The maximum atomic E-state index is 8.97. The molecular formula is C14H16N2. The largest absolute Gasteiger partial charge is 0.355 e. The Labute approximate surface area is 96.5 Å². The van der Waals surface area contributed by atoms with E-state index in [2.05, 4.69) is 35.2 Å². The van der Waals surface area contributed by atoms with Crippen LogP contribution in [0.25, 0.3) is 0 Å². The van der Waals surface area contributed by atoms with Crippen molar-refractivity contribution in [2.75, 3.05) is 11.4 Å². The van der Waals surface area contributed by atoms with Gasteiger partial charge in [0.2, 0.25) is 0 Å². The molecular weight excluding hydrogens is 196 g/mol. The van der Waals surface area contributed by atoms with Gasteiger partial charge < -0.3 is 4.90 Å². The highest BCUT2D eigenvalue weighted by molar-refractivity contribution is 5.57. The van der Waals surface area contributed by atoms with Crippen LogP contribution >= 0.6 is 0 Å². The van der Waals surface area contributed by atoms with Gasteiger partial charge in [0.05, 0.1) is 6.07 Å². The first-order chi connectivity index (χ1) is 7.90. The number of hydrogen-bond donors (Lipinski definition) is 0. The van der Waals surface area contributed by atoms with Crippen molar-refractivity contribution in [1.82, 2.24) is 0 Å². The molecule has 2 nitrogen and oxygen atoms in total. The smallest absolute Gasteiger partial charge is 0.106 e. The van der Waals surface area contributed by atoms with Crippen LogP contribution in [0.2, 0.25) is 0 Å². The molecule has 0 bridgehead atoms. The third-order valence-electron chi connectivity index (χ3n) is 4.04. The summed E-state index contributed by atoms with van der Waals surface area (Å²) in [6.45, 7) is 0.540. The van der Waals surface area contributed by atoms with Crippen molar-refractivity contribution >= 4 is 5.69 Å². The van der Waals surface area contributed by atoms with Crippen LogP contribution in [0.15, 0.2) is 24.3 Å². The lowest BCUT2D eigenvalue weighted by Gasteiger charge is -2.39. The summed E-state index contributed by atoms with van der Waals surface area (Å²) in [5.74, 6) is 0.781. The molecule has 1 heterocycles. The normalized spacial score (nSPS) is 27.1. The van der Waals surface area contributed by atoms with Crippen LogP contribution < -0.4 is 4.90 Å². The average Bonchev–Trinajstić information content (AvgIpc) is 2.77. The Balaban J connectivity index is 2.02. The zero-order valence-electron chi connectivity index (χ0n) is 9.39. The fraction of sp³-hybridized carbons (Fsp3) is 0.500. The molecule has 2 heteroatoms. The predicted molar refractivity (Wildman–Crippen MR) is 64.2 cm³/mol. The first kappa shape index (κ1) is 9.72. The molecule has 1 saturated carbocycles. The molecule has 1 aromatic rings. The van der Waals surface area contributed by atoms with Gasteiger partial charge in [0.15, 0.2) is 0 Å². The zero-order chi connectivity index (χ0) is 11.0. The molecule has 0 amide bonds. The summed E-state index contributed by atoms with van der Waals surface area (Å²) in [6, 6.07) is 11.5. The van der Waals surface area contributed by atoms with Gasteiger partial charge in [0, 0.05) is 11.7 Å². The van der Waals surface area contributed by atoms with Crippen LogP contribution in [0, 0.1) is 17.2 Å². The van der Waals surface area contributed by atoms with E-state index in [0.29, 0.717) is 12.6 Å². The second-order valence-electron chi connectivity index (χ2n) is 4.88. The van der Waals surface area contributed by atoms with Crippen LogP contribution in [0.3, 0.4) is 0 Å². The lowest BCUT2D eigenvalue weighted by Crippen LogP contribution is -2.42. The third-order valence-corrected chi connectivity index (χ3v) is 4.04. The minimum Gasteiger partial charge on any atom is -0.355 e. The van der Waals surface area contributed by atoms with Crippen molar-refractivity contribution in [2.45, 2.75) is 31.7 Å². The van der Waals surface area contributed by atoms with Crippen molar-refractivity contribution < 1.29 is 0 Å². The first-order valence-corrected chi connectivity index (χ1v) is 6.11. The van der Waals surface area contributed by atoms with Crippen molar-refractivity contribution in [3.05, 3.63) is 29.8 Å². The van der Waals surface area contributed by atoms with Gasteiger partial charge >= 0.3 is 0 Å². The number of hydrogen-bond acceptors (Lipinski definition) is 2. The van der Waals surface area contributed by atoms with Crippen LogP contribution in [0.4, 0.5) is 5.69 Å². The summed E-state index contributed by atoms with van der Waals surface area (Å²) in [4.78, 5) is 2.33. The monoisotopic (exact) mass is 212 g/mol. The second-order valence-corrected chi connectivity index (χ2v) is 4.88. The lowest BCUT2D eigenvalue weighted by atomic mass is 9.88. The molecule has 2 aliphatic rings. The summed E-state index contributed by atoms with van der Waals surface area (Å²) >= 11 is 0. The van der Waals surface area contributed by atoms with Gasteiger partial charge in [-0.25, -0.2) is 0 Å². The molecule has 0 spiro atoms. The van der Waals surface area contributed by atoms with Crippen LogP contribution in [0.5, 0.6) is 0 Å². The van der Waals surface area contributed by atoms with Crippen molar-refractivity contribution in [1.29, 1.82) is 5.26 Å². The third kappa shape index (κ3) is 1.39. The number of rotatable bonds is 1. The summed E-state index contributed by atoms with van der Waals surface area (Å²) in [5.41, 5.74) is 2.73. The number of nitrogens with zero attached hydrogens (tertiary/aromatic N) is 2. The molecule has 3 rings (SSSR count). The van der Waals surface area contributed by atoms with Crippen molar-refractivity contribution in [3.63, 3.8) is 0 Å². The minimum absolute atomic E-state index is 0.540. The van der Waals surface area contributed by atoms with E-state index in [4.69, 9.17) is 5.26 Å². The molecule has 0 unspecified atom stereocenters. The predicted octanol–water partition coefficient (Wildman–Crippen LogP) is 2.74. The molecule has 0 saturated heterocycles. The fourth-order valence-corrected chi connectivity index (χ4v) is 3.37. The number of benzene rings is 1. The molecule has 0 N–H and O–H groups in total. The van der Waals surface area contributed by atoms with E-state index in [1.54, 1.807) is 0 Å². The Bertz CT molecular complexity index is 433. The number of anilines is 1. The lowest BCUT2D eigenvalue weighted by molar-refractivity contribution is 0.435. The van der Waals surface area contributed by atoms with Crippen molar-refractivity contribution in [2.24, 2.45) is 5.92 Å². The van der Waals surface area contributed by atoms with Gasteiger partial charge in [0.25, 0.3) is 0 Å². The van der Waals surface area contributed by atoms with E-state index in [0.717, 1.165) is 5.92 Å². The molecule has 82 valence electrons. The Morgan fingerprint density at radius 1 is 1.31 bits per heavy atom. The summed E-state index contributed by atoms with van der Waals surface area (Å²) in [7, 11) is 0. The van der Waals surface area contributed by atoms with Gasteiger partial charge in [-0.2, -0.15) is 5.26 Å². The van der Waals surface area contributed by atoms with Crippen LogP contribution in [-0.4, -0.2) is 12.6 Å². The van der Waals surface area contributed by atoms with E-state index in [-0.39, 0.29) is 0 Å². The maximum Gasteiger partial charge on any atom is 0.106 e. The Morgan fingerprint density at radius 2 is 2.19 bits per heavy atom. The highest BCUT2D eigenvalue weighted by Gasteiger charge is 2.36. The fourth-order valence-electron chi connectivity index (χ4n) is 3.37. The van der Waals surface area contributed by atoms with Gasteiger partial charge in [-0.3, -0.25) is 0 Å². The highest BCUT2D eigenvalue weighted by Crippen LogP contribution is 2.41. The molecule has 2 atom stereocenters. The molecule has 0 radical (unpaired) electrons. The summed E-state index contributed by atoms with van der Waals surface area (Å²) in [5, 5.41) is 8.97. The number of nitriles is 1. The molecule has 1 aliphatic carbocycles. The zero-order valence-corrected chi connectivity index (χ0v) is 9.39. The molecule has 1 aromatic carbocycles. The standard InChI is InChI=1S/C14H16N2/c15-8-9-16-13-6-2-1-4-11(13)10-12-5-3-7-14(12)16/h1-2,4,6,12,14H,3,5,7,9-10H2/t12-,14-/m1/s1. The average molecular weight is 212 g/mol. The van der Waals surface area contributed by atoms with Crippen LogP contribution in [0.1, 0.15) is 24.8 Å². The minimum atomic E-state index is 0.540. The number of para-hydroxylation sites is 1. The topological polar surface area (TPSA) is 27.0 Å². The first-order valence-electron chi connectivity index (χ1n) is 6.11. The maximum absolute atomic E-state index is 8.97. The SMILES string of the molecule is N#CCN1c2ccccc2C[C@H]2CCC[C@H]21. The van der Waals surface area contributed by atoms with Gasteiger partial charge in [-0.1, -0.05) is 24.6 Å². The summed E-state index contributed by atoms with van der Waals surface area (Å²) < 4.78 is 0. The Morgan fingerprint density at radius 3 is 3.06 bits per heavy atom. The molecule has 16 heavy (non-hydrogen) atoms. The van der Waals surface area contributed by atoms with E-state index in [1.807, 2.05) is 0 Å². The van der Waals surface area contributed by atoms with E-state index in [1.165, 1.54) is 36.9 Å². The quantitative estimate of drug-likeness (QED) is 0.669. The molecule has 0 aromatic heterocycles. The van der Waals surface area contributed by atoms with Gasteiger partial charge in [-0.15, -0.1) is 0 Å². The molecule has 1 fully saturated rings. The Kier molecular flexibility index (Phi) is 2.32. The highest BCUT2D eigenvalue weighted by atomic mass is 15.2. The number of fused-ring (bicyclic) bond motifs is 2.